The van der Waals surface area contributed by atoms with Gasteiger partial charge in [0.15, 0.2) is 11.5 Å². The monoisotopic (exact) mass is 388 g/mol. The molecule has 0 fully saturated rings. The van der Waals surface area contributed by atoms with Crippen LogP contribution < -0.4 is 19.7 Å². The molecule has 3 rings (SSSR count). The van der Waals surface area contributed by atoms with E-state index in [9.17, 15) is 9.59 Å². The predicted octanol–water partition coefficient (Wildman–Crippen LogP) is 4.07. The molecule has 7 heteroatoms. The highest BCUT2D eigenvalue weighted by Crippen LogP contribution is 2.35. The molecule has 0 unspecified atom stereocenters. The largest absolute Gasteiger partial charge is 0.454 e. The van der Waals surface area contributed by atoms with Gasteiger partial charge in [0.2, 0.25) is 18.6 Å². The number of ether oxygens (including phenoxy) is 2. The van der Waals surface area contributed by atoms with Gasteiger partial charge in [0.25, 0.3) is 0 Å². The Morgan fingerprint density at radius 3 is 2.59 bits per heavy atom. The summed E-state index contributed by atoms with van der Waals surface area (Å²) in [6.07, 6.45) is 0.137. The van der Waals surface area contributed by atoms with Gasteiger partial charge < -0.3 is 19.7 Å². The summed E-state index contributed by atoms with van der Waals surface area (Å²) in [5, 5.41) is 3.34. The standard InChI is InChI=1S/C20H21ClN2O4/c1-12-8-13(2)20(16(21)9-12)22-19(25)6-7-23(14(3)24)15-4-5-17-18(10-15)27-11-26-17/h4-5,8-10H,6-7,11H2,1-3H3,(H,22,25). The number of fused-ring (bicyclic) bond motifs is 1. The number of anilines is 2. The Hall–Kier alpha value is -2.73. The van der Waals surface area contributed by atoms with Crippen molar-refractivity contribution in [3.8, 4) is 11.5 Å². The maximum Gasteiger partial charge on any atom is 0.231 e. The molecule has 142 valence electrons. The van der Waals surface area contributed by atoms with Crippen molar-refractivity contribution < 1.29 is 19.1 Å². The second-order valence-corrected chi connectivity index (χ2v) is 6.85. The summed E-state index contributed by atoms with van der Waals surface area (Å²) in [7, 11) is 0. The van der Waals surface area contributed by atoms with E-state index >= 15 is 0 Å². The average Bonchev–Trinajstić information content (AvgIpc) is 3.05. The zero-order chi connectivity index (χ0) is 19.6. The number of carbonyl (C=O) groups is 2. The number of amides is 2. The van der Waals surface area contributed by atoms with Crippen LogP contribution in [-0.2, 0) is 9.59 Å². The zero-order valence-electron chi connectivity index (χ0n) is 15.5. The van der Waals surface area contributed by atoms with Crippen LogP contribution in [-0.4, -0.2) is 25.2 Å². The van der Waals surface area contributed by atoms with Crippen LogP contribution in [0.2, 0.25) is 5.02 Å². The van der Waals surface area contributed by atoms with Gasteiger partial charge in [-0.3, -0.25) is 9.59 Å². The molecule has 0 aliphatic carbocycles. The molecule has 2 aromatic rings. The first-order valence-corrected chi connectivity index (χ1v) is 8.97. The van der Waals surface area contributed by atoms with E-state index < -0.39 is 0 Å². The van der Waals surface area contributed by atoms with Gasteiger partial charge in [-0.25, -0.2) is 0 Å². The first-order chi connectivity index (χ1) is 12.8. The van der Waals surface area contributed by atoms with Gasteiger partial charge in [-0.05, 0) is 43.2 Å². The molecule has 0 spiro atoms. The molecular formula is C20H21ClN2O4. The fourth-order valence-corrected chi connectivity index (χ4v) is 3.38. The molecule has 1 heterocycles. The lowest BCUT2D eigenvalue weighted by Crippen LogP contribution is -2.32. The quantitative estimate of drug-likeness (QED) is 0.838. The molecule has 2 amide bonds. The number of aryl methyl sites for hydroxylation is 2. The number of nitrogens with zero attached hydrogens (tertiary/aromatic N) is 1. The topological polar surface area (TPSA) is 67.9 Å². The van der Waals surface area contributed by atoms with Crippen LogP contribution >= 0.6 is 11.6 Å². The molecule has 0 atom stereocenters. The van der Waals surface area contributed by atoms with Crippen molar-refractivity contribution in [3.63, 3.8) is 0 Å². The second-order valence-electron chi connectivity index (χ2n) is 6.45. The van der Waals surface area contributed by atoms with Crippen molar-refractivity contribution in [1.29, 1.82) is 0 Å². The Morgan fingerprint density at radius 2 is 1.89 bits per heavy atom. The normalized spacial score (nSPS) is 12.0. The number of hydrogen-bond acceptors (Lipinski definition) is 4. The third-order valence-electron chi connectivity index (χ3n) is 4.31. The highest BCUT2D eigenvalue weighted by Gasteiger charge is 2.19. The summed E-state index contributed by atoms with van der Waals surface area (Å²) >= 11 is 6.24. The summed E-state index contributed by atoms with van der Waals surface area (Å²) in [6.45, 7) is 5.70. The zero-order valence-corrected chi connectivity index (χ0v) is 16.2. The van der Waals surface area contributed by atoms with Crippen LogP contribution in [0.25, 0.3) is 0 Å². The summed E-state index contributed by atoms with van der Waals surface area (Å²) < 4.78 is 10.6. The van der Waals surface area contributed by atoms with E-state index in [1.54, 1.807) is 24.3 Å². The molecule has 0 saturated heterocycles. The van der Waals surface area contributed by atoms with E-state index in [0.717, 1.165) is 11.1 Å². The molecule has 1 N–H and O–H groups in total. The van der Waals surface area contributed by atoms with Gasteiger partial charge in [0.05, 0.1) is 10.7 Å². The molecule has 0 aromatic heterocycles. The Balaban J connectivity index is 1.68. The minimum absolute atomic E-state index is 0.137. The fourth-order valence-electron chi connectivity index (χ4n) is 3.01. The lowest BCUT2D eigenvalue weighted by atomic mass is 10.1. The Labute approximate surface area is 163 Å². The minimum Gasteiger partial charge on any atom is -0.454 e. The van der Waals surface area contributed by atoms with E-state index in [1.165, 1.54) is 11.8 Å². The number of halogens is 1. The van der Waals surface area contributed by atoms with Crippen LogP contribution in [0.3, 0.4) is 0 Å². The van der Waals surface area contributed by atoms with E-state index in [1.807, 2.05) is 19.9 Å². The molecule has 1 aliphatic heterocycles. The third kappa shape index (κ3) is 4.34. The number of hydrogen-bond donors (Lipinski definition) is 1. The van der Waals surface area contributed by atoms with Crippen molar-refractivity contribution in [2.24, 2.45) is 0 Å². The minimum atomic E-state index is -0.212. The highest BCUT2D eigenvalue weighted by atomic mass is 35.5. The van der Waals surface area contributed by atoms with Crippen LogP contribution in [0.1, 0.15) is 24.5 Å². The molecule has 1 aliphatic rings. The van der Waals surface area contributed by atoms with Crippen LogP contribution in [0.5, 0.6) is 11.5 Å². The number of rotatable bonds is 5. The molecule has 2 aromatic carbocycles. The first-order valence-electron chi connectivity index (χ1n) is 8.59. The van der Waals surface area contributed by atoms with Gasteiger partial charge in [0.1, 0.15) is 0 Å². The first kappa shape index (κ1) is 19.0. The number of carbonyl (C=O) groups excluding carboxylic acids is 2. The number of nitrogens with one attached hydrogen (secondary N) is 1. The molecule has 27 heavy (non-hydrogen) atoms. The van der Waals surface area contributed by atoms with Crippen LogP contribution in [0.15, 0.2) is 30.3 Å². The van der Waals surface area contributed by atoms with E-state index in [2.05, 4.69) is 5.32 Å². The van der Waals surface area contributed by atoms with Crippen molar-refractivity contribution in [2.75, 3.05) is 23.6 Å². The molecule has 0 saturated carbocycles. The van der Waals surface area contributed by atoms with Gasteiger partial charge >= 0.3 is 0 Å². The SMILES string of the molecule is CC(=O)N(CCC(=O)Nc1c(C)cc(C)cc1Cl)c1ccc2c(c1)OCO2. The Bertz CT molecular complexity index is 875. The van der Waals surface area contributed by atoms with Gasteiger partial charge in [-0.2, -0.15) is 0 Å². The predicted molar refractivity (Wildman–Crippen MR) is 105 cm³/mol. The van der Waals surface area contributed by atoms with Crippen molar-refractivity contribution >= 4 is 34.8 Å². The van der Waals surface area contributed by atoms with E-state index in [4.69, 9.17) is 21.1 Å². The third-order valence-corrected chi connectivity index (χ3v) is 4.60. The van der Waals surface area contributed by atoms with Gasteiger partial charge in [-0.15, -0.1) is 0 Å². The summed E-state index contributed by atoms with van der Waals surface area (Å²) in [6, 6.07) is 9.02. The van der Waals surface area contributed by atoms with Crippen molar-refractivity contribution in [3.05, 3.63) is 46.5 Å². The van der Waals surface area contributed by atoms with Crippen molar-refractivity contribution in [1.82, 2.24) is 0 Å². The lowest BCUT2D eigenvalue weighted by molar-refractivity contribution is -0.117. The summed E-state index contributed by atoms with van der Waals surface area (Å²) in [5.74, 6) is 0.858. The van der Waals surface area contributed by atoms with E-state index in [0.29, 0.717) is 27.9 Å². The second kappa shape index (κ2) is 7.88. The Morgan fingerprint density at radius 1 is 1.15 bits per heavy atom. The Kier molecular flexibility index (Phi) is 5.56. The van der Waals surface area contributed by atoms with E-state index in [-0.39, 0.29) is 31.6 Å². The maximum atomic E-state index is 12.4. The smallest absolute Gasteiger partial charge is 0.231 e. The fraction of sp³-hybridized carbons (Fsp3) is 0.300. The molecular weight excluding hydrogens is 368 g/mol. The van der Waals surface area contributed by atoms with Crippen LogP contribution in [0, 0.1) is 13.8 Å². The van der Waals surface area contributed by atoms with Crippen LogP contribution in [0.4, 0.5) is 11.4 Å². The van der Waals surface area contributed by atoms with Crippen molar-refractivity contribution in [2.45, 2.75) is 27.2 Å². The molecule has 0 radical (unpaired) electrons. The molecule has 0 bridgehead atoms. The highest BCUT2D eigenvalue weighted by molar-refractivity contribution is 6.34. The number of benzene rings is 2. The summed E-state index contributed by atoms with van der Waals surface area (Å²) in [5.41, 5.74) is 3.18. The van der Waals surface area contributed by atoms with Gasteiger partial charge in [-0.1, -0.05) is 17.7 Å². The average molecular weight is 389 g/mol. The molecule has 6 nitrogen and oxygen atoms in total. The lowest BCUT2D eigenvalue weighted by Gasteiger charge is -2.21. The summed E-state index contributed by atoms with van der Waals surface area (Å²) in [4.78, 5) is 26.0. The van der Waals surface area contributed by atoms with Gasteiger partial charge in [0, 0.05) is 31.6 Å². The maximum absolute atomic E-state index is 12.4.